The maximum absolute atomic E-state index is 11.5. The van der Waals surface area contributed by atoms with E-state index in [1.807, 2.05) is 0 Å². The van der Waals surface area contributed by atoms with Crippen LogP contribution in [0.5, 0.6) is 0 Å². The molecule has 0 aliphatic heterocycles. The van der Waals surface area contributed by atoms with Gasteiger partial charge in [-0.2, -0.15) is 0 Å². The fourth-order valence-corrected chi connectivity index (χ4v) is 1.56. The second-order valence-corrected chi connectivity index (χ2v) is 3.88. The van der Waals surface area contributed by atoms with E-state index in [0.29, 0.717) is 17.1 Å². The van der Waals surface area contributed by atoms with Crippen LogP contribution >= 0.6 is 11.6 Å². The molecule has 0 amide bonds. The maximum atomic E-state index is 11.5. The average Bonchev–Trinajstić information content (AvgIpc) is 2.40. The Hall–Kier alpha value is -1.30. The second-order valence-electron chi connectivity index (χ2n) is 3.47. The average molecular weight is 274 g/mol. The molecule has 6 heteroatoms. The molecule has 0 aliphatic rings. The van der Waals surface area contributed by atoms with Gasteiger partial charge in [0.15, 0.2) is 6.29 Å². The molecule has 0 saturated carbocycles. The van der Waals surface area contributed by atoms with Crippen LogP contribution in [0.1, 0.15) is 10.4 Å². The monoisotopic (exact) mass is 273 g/mol. The Bertz CT molecular complexity index is 407. The van der Waals surface area contributed by atoms with Gasteiger partial charge in [0, 0.05) is 19.9 Å². The van der Waals surface area contributed by atoms with Crippen LogP contribution in [-0.2, 0) is 14.2 Å². The first-order chi connectivity index (χ1) is 8.62. The molecule has 0 fully saturated rings. The number of halogens is 1. The predicted molar refractivity (Wildman–Crippen MR) is 69.1 cm³/mol. The number of methoxy groups -OCH3 is 3. The van der Waals surface area contributed by atoms with Crippen molar-refractivity contribution in [2.45, 2.75) is 6.29 Å². The first-order valence-electron chi connectivity index (χ1n) is 5.29. The minimum Gasteiger partial charge on any atom is -0.465 e. The van der Waals surface area contributed by atoms with Crippen LogP contribution in [0.15, 0.2) is 18.2 Å². The summed E-state index contributed by atoms with van der Waals surface area (Å²) in [5.41, 5.74) is 1.05. The maximum Gasteiger partial charge on any atom is 0.339 e. The van der Waals surface area contributed by atoms with Gasteiger partial charge >= 0.3 is 5.97 Å². The number of nitrogens with one attached hydrogen (secondary N) is 1. The standard InChI is InChI=1S/C12H16ClNO4/c1-16-11(17-2)7-14-8-4-5-10(13)9(6-8)12(15)18-3/h4-6,11,14H,7H2,1-3H3. The normalized spacial score (nSPS) is 10.5. The number of ether oxygens (including phenoxy) is 3. The Morgan fingerprint density at radius 2 is 2.00 bits per heavy atom. The molecule has 0 unspecified atom stereocenters. The van der Waals surface area contributed by atoms with Gasteiger partial charge in [-0.15, -0.1) is 0 Å². The van der Waals surface area contributed by atoms with E-state index in [4.69, 9.17) is 21.1 Å². The quantitative estimate of drug-likeness (QED) is 0.636. The zero-order chi connectivity index (χ0) is 13.5. The van der Waals surface area contributed by atoms with Gasteiger partial charge in [0.05, 0.1) is 24.2 Å². The molecule has 1 aromatic rings. The lowest BCUT2D eigenvalue weighted by molar-refractivity contribution is -0.0914. The van der Waals surface area contributed by atoms with Gasteiger partial charge < -0.3 is 19.5 Å². The molecule has 1 N–H and O–H groups in total. The van der Waals surface area contributed by atoms with Crippen molar-refractivity contribution in [3.05, 3.63) is 28.8 Å². The molecular weight excluding hydrogens is 258 g/mol. The first kappa shape index (κ1) is 14.8. The highest BCUT2D eigenvalue weighted by molar-refractivity contribution is 6.33. The minimum atomic E-state index is -0.473. The fraction of sp³-hybridized carbons (Fsp3) is 0.417. The summed E-state index contributed by atoms with van der Waals surface area (Å²) in [7, 11) is 4.42. The minimum absolute atomic E-state index is 0.315. The largest absolute Gasteiger partial charge is 0.465 e. The fourth-order valence-electron chi connectivity index (χ4n) is 1.37. The third-order valence-corrected chi connectivity index (χ3v) is 2.70. The number of carbonyl (C=O) groups excluding carboxylic acids is 1. The third-order valence-electron chi connectivity index (χ3n) is 2.37. The molecule has 0 bridgehead atoms. The van der Waals surface area contributed by atoms with Crippen molar-refractivity contribution in [2.75, 3.05) is 33.2 Å². The van der Waals surface area contributed by atoms with Crippen molar-refractivity contribution in [2.24, 2.45) is 0 Å². The van der Waals surface area contributed by atoms with Gasteiger partial charge in [-0.05, 0) is 18.2 Å². The Labute approximate surface area is 111 Å². The number of rotatable bonds is 6. The summed E-state index contributed by atoms with van der Waals surface area (Å²) in [5, 5.41) is 3.43. The number of anilines is 1. The summed E-state index contributed by atoms with van der Waals surface area (Å²) >= 11 is 5.91. The Morgan fingerprint density at radius 1 is 1.33 bits per heavy atom. The van der Waals surface area contributed by atoms with E-state index < -0.39 is 5.97 Å². The van der Waals surface area contributed by atoms with E-state index in [0.717, 1.165) is 5.69 Å². The molecule has 0 saturated heterocycles. The van der Waals surface area contributed by atoms with E-state index in [9.17, 15) is 4.79 Å². The first-order valence-corrected chi connectivity index (χ1v) is 5.67. The summed E-state index contributed by atoms with van der Waals surface area (Å²) in [6.07, 6.45) is -0.359. The van der Waals surface area contributed by atoms with Crippen molar-refractivity contribution < 1.29 is 19.0 Å². The van der Waals surface area contributed by atoms with Gasteiger partial charge in [0.2, 0.25) is 0 Å². The molecule has 1 rings (SSSR count). The van der Waals surface area contributed by atoms with Crippen molar-refractivity contribution >= 4 is 23.3 Å². The van der Waals surface area contributed by atoms with Crippen LogP contribution in [0.2, 0.25) is 5.02 Å². The molecule has 0 spiro atoms. The lowest BCUT2D eigenvalue weighted by Gasteiger charge is -2.15. The van der Waals surface area contributed by atoms with Crippen LogP contribution in [-0.4, -0.2) is 40.1 Å². The summed E-state index contributed by atoms with van der Waals surface area (Å²) in [5.74, 6) is -0.473. The zero-order valence-corrected chi connectivity index (χ0v) is 11.3. The smallest absolute Gasteiger partial charge is 0.339 e. The Balaban J connectivity index is 2.76. The zero-order valence-electron chi connectivity index (χ0n) is 10.5. The molecule has 0 heterocycles. The van der Waals surface area contributed by atoms with E-state index in [2.05, 4.69) is 10.1 Å². The molecule has 100 valence electrons. The van der Waals surface area contributed by atoms with Crippen LogP contribution in [0.4, 0.5) is 5.69 Å². The third kappa shape index (κ3) is 3.87. The van der Waals surface area contributed by atoms with Crippen molar-refractivity contribution in [3.63, 3.8) is 0 Å². The number of esters is 1. The summed E-state index contributed by atoms with van der Waals surface area (Å²) < 4.78 is 14.7. The molecule has 1 aromatic carbocycles. The van der Waals surface area contributed by atoms with Gasteiger partial charge in [0.1, 0.15) is 0 Å². The molecule has 18 heavy (non-hydrogen) atoms. The molecule has 0 radical (unpaired) electrons. The number of carbonyl (C=O) groups is 1. The van der Waals surface area contributed by atoms with Crippen LogP contribution in [0.25, 0.3) is 0 Å². The molecular formula is C12H16ClNO4. The lowest BCUT2D eigenvalue weighted by atomic mass is 10.2. The Morgan fingerprint density at radius 3 is 2.56 bits per heavy atom. The SMILES string of the molecule is COC(=O)c1cc(NCC(OC)OC)ccc1Cl. The molecule has 0 atom stereocenters. The second kappa shape index (κ2) is 7.20. The van der Waals surface area contributed by atoms with Crippen molar-refractivity contribution in [1.29, 1.82) is 0 Å². The molecule has 5 nitrogen and oxygen atoms in total. The summed E-state index contributed by atoms with van der Waals surface area (Å²) in [6.45, 7) is 0.454. The molecule has 0 aliphatic carbocycles. The molecule has 0 aromatic heterocycles. The number of hydrogen-bond donors (Lipinski definition) is 1. The van der Waals surface area contributed by atoms with Crippen molar-refractivity contribution in [1.82, 2.24) is 0 Å². The summed E-state index contributed by atoms with van der Waals surface area (Å²) in [6, 6.07) is 5.01. The van der Waals surface area contributed by atoms with E-state index >= 15 is 0 Å². The van der Waals surface area contributed by atoms with Crippen molar-refractivity contribution in [3.8, 4) is 0 Å². The van der Waals surface area contributed by atoms with E-state index in [-0.39, 0.29) is 6.29 Å². The highest BCUT2D eigenvalue weighted by Gasteiger charge is 2.12. The number of hydrogen-bond acceptors (Lipinski definition) is 5. The van der Waals surface area contributed by atoms with Crippen LogP contribution in [0.3, 0.4) is 0 Å². The van der Waals surface area contributed by atoms with E-state index in [1.165, 1.54) is 7.11 Å². The van der Waals surface area contributed by atoms with Crippen LogP contribution in [0, 0.1) is 0 Å². The number of benzene rings is 1. The van der Waals surface area contributed by atoms with Crippen LogP contribution < -0.4 is 5.32 Å². The Kier molecular flexibility index (Phi) is 5.91. The van der Waals surface area contributed by atoms with Gasteiger partial charge in [-0.25, -0.2) is 4.79 Å². The highest BCUT2D eigenvalue weighted by Crippen LogP contribution is 2.21. The topological polar surface area (TPSA) is 56.8 Å². The summed E-state index contributed by atoms with van der Waals surface area (Å²) in [4.78, 5) is 11.5. The van der Waals surface area contributed by atoms with E-state index in [1.54, 1.807) is 32.4 Å². The lowest BCUT2D eigenvalue weighted by Crippen LogP contribution is -2.23. The van der Waals surface area contributed by atoms with Gasteiger partial charge in [-0.1, -0.05) is 11.6 Å². The van der Waals surface area contributed by atoms with Gasteiger partial charge in [-0.3, -0.25) is 0 Å². The van der Waals surface area contributed by atoms with Gasteiger partial charge in [0.25, 0.3) is 0 Å². The highest BCUT2D eigenvalue weighted by atomic mass is 35.5. The predicted octanol–water partition coefficient (Wildman–Crippen LogP) is 2.16.